The fourth-order valence-electron chi connectivity index (χ4n) is 6.64. The Labute approximate surface area is 355 Å². The minimum absolute atomic E-state index is 0.00124. The Bertz CT molecular complexity index is 722. The van der Waals surface area contributed by atoms with Gasteiger partial charge in [-0.05, 0) is 103 Å². The molecule has 0 aliphatic heterocycles. The summed E-state index contributed by atoms with van der Waals surface area (Å²) in [7, 11) is 0. The molecule has 0 aliphatic carbocycles. The molecule has 0 saturated heterocycles. The van der Waals surface area contributed by atoms with E-state index in [1.807, 2.05) is 13.8 Å². The third kappa shape index (κ3) is 41.7. The van der Waals surface area contributed by atoms with Crippen molar-refractivity contribution >= 4 is 0 Å². The SMILES string of the molecule is CCCCOC(CCCCCCCCCCCC=CC(OCC)OC(C=CCCCCCCCCCCCC(OCCCC)OCCCC)OCC)OCCCC. The normalized spacial score (nSPS) is 13.3. The van der Waals surface area contributed by atoms with Crippen molar-refractivity contribution in [3.05, 3.63) is 24.3 Å². The van der Waals surface area contributed by atoms with Gasteiger partial charge in [0.05, 0.1) is 0 Å². The summed E-state index contributed by atoms with van der Waals surface area (Å²) < 4.78 is 41.9. The molecule has 7 heteroatoms. The first kappa shape index (κ1) is 56.2. The van der Waals surface area contributed by atoms with Crippen molar-refractivity contribution in [3.8, 4) is 0 Å². The van der Waals surface area contributed by atoms with Gasteiger partial charge in [-0.15, -0.1) is 0 Å². The molecule has 340 valence electrons. The monoisotopic (exact) mass is 811 g/mol. The van der Waals surface area contributed by atoms with E-state index in [-0.39, 0.29) is 25.2 Å². The van der Waals surface area contributed by atoms with E-state index in [1.54, 1.807) is 0 Å². The molecule has 0 spiro atoms. The zero-order valence-electron chi connectivity index (χ0n) is 38.9. The Morgan fingerprint density at radius 2 is 0.596 bits per heavy atom. The zero-order valence-corrected chi connectivity index (χ0v) is 38.9. The highest BCUT2D eigenvalue weighted by Crippen LogP contribution is 2.17. The lowest BCUT2D eigenvalue weighted by Crippen LogP contribution is -2.24. The van der Waals surface area contributed by atoms with E-state index in [9.17, 15) is 0 Å². The number of rotatable bonds is 48. The van der Waals surface area contributed by atoms with Gasteiger partial charge in [-0.3, -0.25) is 0 Å². The largest absolute Gasteiger partial charge is 0.353 e. The van der Waals surface area contributed by atoms with Crippen LogP contribution in [0.3, 0.4) is 0 Å². The average molecular weight is 811 g/mol. The first-order chi connectivity index (χ1) is 28.1. The molecule has 0 bridgehead atoms. The minimum Gasteiger partial charge on any atom is -0.353 e. The smallest absolute Gasteiger partial charge is 0.180 e. The second-order valence-corrected chi connectivity index (χ2v) is 15.9. The van der Waals surface area contributed by atoms with Gasteiger partial charge in [0.1, 0.15) is 0 Å². The quantitative estimate of drug-likeness (QED) is 0.0344. The maximum atomic E-state index is 6.20. The Kier molecular flexibility index (Phi) is 47.2. The van der Waals surface area contributed by atoms with E-state index in [2.05, 4.69) is 52.0 Å². The van der Waals surface area contributed by atoms with Crippen molar-refractivity contribution in [1.29, 1.82) is 0 Å². The maximum absolute atomic E-state index is 6.20. The van der Waals surface area contributed by atoms with Crippen LogP contribution in [0.4, 0.5) is 0 Å². The summed E-state index contributed by atoms with van der Waals surface area (Å²) >= 11 is 0. The molecule has 57 heavy (non-hydrogen) atoms. The molecule has 0 amide bonds. The number of ether oxygens (including phenoxy) is 7. The van der Waals surface area contributed by atoms with Gasteiger partial charge in [0.15, 0.2) is 25.2 Å². The molecule has 7 nitrogen and oxygen atoms in total. The van der Waals surface area contributed by atoms with Gasteiger partial charge in [0, 0.05) is 39.6 Å². The summed E-state index contributed by atoms with van der Waals surface area (Å²) in [6, 6.07) is 0. The number of allylic oxidation sites excluding steroid dienone is 2. The highest BCUT2D eigenvalue weighted by atomic mass is 16.8. The van der Waals surface area contributed by atoms with E-state index in [4.69, 9.17) is 33.2 Å². The second kappa shape index (κ2) is 47.9. The van der Waals surface area contributed by atoms with Gasteiger partial charge >= 0.3 is 0 Å². The van der Waals surface area contributed by atoms with Crippen LogP contribution in [0.15, 0.2) is 24.3 Å². The van der Waals surface area contributed by atoms with E-state index in [0.29, 0.717) is 13.2 Å². The lowest BCUT2D eigenvalue weighted by Gasteiger charge is -2.20. The van der Waals surface area contributed by atoms with Crippen LogP contribution in [0.1, 0.15) is 234 Å². The first-order valence-electron chi connectivity index (χ1n) is 24.8. The highest BCUT2D eigenvalue weighted by Gasteiger charge is 2.13. The predicted molar refractivity (Wildman–Crippen MR) is 243 cm³/mol. The maximum Gasteiger partial charge on any atom is 0.180 e. The van der Waals surface area contributed by atoms with Gasteiger partial charge in [0.2, 0.25) is 0 Å². The molecule has 0 saturated carbocycles. The lowest BCUT2D eigenvalue weighted by molar-refractivity contribution is -0.204. The van der Waals surface area contributed by atoms with Gasteiger partial charge < -0.3 is 33.2 Å². The summed E-state index contributed by atoms with van der Waals surface area (Å²) in [5.41, 5.74) is 0. The van der Waals surface area contributed by atoms with Crippen molar-refractivity contribution in [2.24, 2.45) is 0 Å². The summed E-state index contributed by atoms with van der Waals surface area (Å²) in [6.07, 6.45) is 44.5. The van der Waals surface area contributed by atoms with E-state index in [0.717, 1.165) is 77.8 Å². The summed E-state index contributed by atoms with van der Waals surface area (Å²) in [6.45, 7) is 17.4. The predicted octanol–water partition coefficient (Wildman–Crippen LogP) is 15.3. The van der Waals surface area contributed by atoms with Crippen LogP contribution in [0.25, 0.3) is 0 Å². The molecule has 2 atom stereocenters. The molecule has 0 fully saturated rings. The molecule has 0 aromatic heterocycles. The van der Waals surface area contributed by atoms with E-state index in [1.165, 1.54) is 141 Å². The molecule has 0 N–H and O–H groups in total. The highest BCUT2D eigenvalue weighted by molar-refractivity contribution is 4.89. The minimum atomic E-state index is -0.378. The van der Waals surface area contributed by atoms with Crippen LogP contribution in [0.2, 0.25) is 0 Å². The van der Waals surface area contributed by atoms with Crippen LogP contribution in [-0.4, -0.2) is 64.8 Å². The first-order valence-corrected chi connectivity index (χ1v) is 24.8. The van der Waals surface area contributed by atoms with Crippen LogP contribution >= 0.6 is 0 Å². The van der Waals surface area contributed by atoms with Crippen molar-refractivity contribution in [2.75, 3.05) is 39.6 Å². The van der Waals surface area contributed by atoms with E-state index >= 15 is 0 Å². The van der Waals surface area contributed by atoms with Gasteiger partial charge in [-0.25, -0.2) is 0 Å². The third-order valence-corrected chi connectivity index (χ3v) is 10.3. The molecular weight excluding hydrogens is 713 g/mol. The van der Waals surface area contributed by atoms with Gasteiger partial charge in [-0.1, -0.05) is 155 Å². The molecule has 0 rings (SSSR count). The number of hydrogen-bond acceptors (Lipinski definition) is 7. The van der Waals surface area contributed by atoms with Crippen LogP contribution < -0.4 is 0 Å². The standard InChI is InChI=1S/C50H98O7/c1-7-13-43-53-47(54-44-14-8-2)39-35-31-27-23-19-17-21-25-29-33-37-41-49(51-11-5)57-50(52-12-6)42-38-34-30-26-22-18-20-24-28-32-36-40-48(55-45-15-9-3)56-46-16-10-4/h37-38,41-42,47-50H,7-36,39-40,43-46H2,1-6H3. The van der Waals surface area contributed by atoms with Crippen molar-refractivity contribution < 1.29 is 33.2 Å². The summed E-state index contributed by atoms with van der Waals surface area (Å²) in [4.78, 5) is 0. The van der Waals surface area contributed by atoms with Gasteiger partial charge in [-0.2, -0.15) is 0 Å². The second-order valence-electron chi connectivity index (χ2n) is 15.9. The molecule has 0 heterocycles. The van der Waals surface area contributed by atoms with Crippen molar-refractivity contribution in [2.45, 2.75) is 259 Å². The molecule has 0 radical (unpaired) electrons. The molecule has 0 aromatic rings. The van der Waals surface area contributed by atoms with Crippen molar-refractivity contribution in [1.82, 2.24) is 0 Å². The number of unbranched alkanes of at least 4 members (excludes halogenated alkanes) is 22. The Balaban J connectivity index is 4.02. The third-order valence-electron chi connectivity index (χ3n) is 10.3. The molecule has 0 aromatic carbocycles. The molecule has 0 aliphatic rings. The van der Waals surface area contributed by atoms with Crippen LogP contribution in [0.5, 0.6) is 0 Å². The van der Waals surface area contributed by atoms with E-state index < -0.39 is 0 Å². The van der Waals surface area contributed by atoms with Gasteiger partial charge in [0.25, 0.3) is 0 Å². The Morgan fingerprint density at radius 3 is 0.877 bits per heavy atom. The molecular formula is C50H98O7. The Hall–Kier alpha value is -0.800. The fraction of sp³-hybridized carbons (Fsp3) is 0.920. The van der Waals surface area contributed by atoms with Crippen LogP contribution in [-0.2, 0) is 33.2 Å². The summed E-state index contributed by atoms with van der Waals surface area (Å²) in [5, 5.41) is 0. The topological polar surface area (TPSA) is 64.6 Å². The fourth-order valence-corrected chi connectivity index (χ4v) is 6.64. The molecule has 2 unspecified atom stereocenters. The Morgan fingerprint density at radius 1 is 0.316 bits per heavy atom. The average Bonchev–Trinajstić information content (AvgIpc) is 3.21. The zero-order chi connectivity index (χ0) is 41.5. The lowest BCUT2D eigenvalue weighted by atomic mass is 10.1. The van der Waals surface area contributed by atoms with Crippen molar-refractivity contribution in [3.63, 3.8) is 0 Å². The number of hydrogen-bond donors (Lipinski definition) is 0. The van der Waals surface area contributed by atoms with Crippen LogP contribution in [0, 0.1) is 0 Å². The summed E-state index contributed by atoms with van der Waals surface area (Å²) in [5.74, 6) is 0.